The number of H-pyrrole nitrogens is 2. The van der Waals surface area contributed by atoms with Crippen LogP contribution in [0.3, 0.4) is 0 Å². The molecule has 45 heavy (non-hydrogen) atoms. The normalized spacial score (nSPS) is 13.0. The Morgan fingerprint density at radius 3 is 2.29 bits per heavy atom. The zero-order chi connectivity index (χ0) is 32.0. The number of aromatic hydroxyl groups is 1. The molecule has 224 valence electrons. The van der Waals surface area contributed by atoms with Crippen molar-refractivity contribution in [1.82, 2.24) is 19.7 Å². The minimum Gasteiger partial charge on any atom is -0.494 e. The molecule has 3 aliphatic rings. The summed E-state index contributed by atoms with van der Waals surface area (Å²) >= 11 is 0. The van der Waals surface area contributed by atoms with Gasteiger partial charge in [0.15, 0.2) is 17.2 Å². The number of carboxylic acids is 1. The predicted octanol–water partition coefficient (Wildman–Crippen LogP) is 1.60. The number of anilines is 1. The quantitative estimate of drug-likeness (QED) is 0.199. The molecular weight excluding hydrogens is 584 g/mol. The Balaban J connectivity index is 1.34. The Labute approximate surface area is 251 Å². The van der Waals surface area contributed by atoms with Crippen LogP contribution < -0.4 is 31.6 Å². The second-order valence-electron chi connectivity index (χ2n) is 9.97. The van der Waals surface area contributed by atoms with Crippen molar-refractivity contribution < 1.29 is 29.3 Å². The maximum Gasteiger partial charge on any atom is 0.335 e. The summed E-state index contributed by atoms with van der Waals surface area (Å²) in [5.74, 6) is -1.43. The SMILES string of the molecule is Cc1c(/C=C/C=c2/c(C)c3c([nH]c2=O)=NN(c2ccc(OC=O)cc2)C3=O)c(O)[nH]c2nn(-c3ccc(C(=O)O)cc3)c(=O)c1-2. The van der Waals surface area contributed by atoms with Crippen LogP contribution in [0.5, 0.6) is 11.6 Å². The smallest absolute Gasteiger partial charge is 0.335 e. The molecule has 0 saturated carbocycles. The number of hydrogen-bond acceptors (Lipinski definition) is 9. The largest absolute Gasteiger partial charge is 0.494 e. The predicted molar refractivity (Wildman–Crippen MR) is 160 cm³/mol. The molecule has 4 heterocycles. The first-order valence-electron chi connectivity index (χ1n) is 13.3. The fourth-order valence-corrected chi connectivity index (χ4v) is 5.09. The molecule has 0 fully saturated rings. The summed E-state index contributed by atoms with van der Waals surface area (Å²) in [5, 5.41) is 29.7. The van der Waals surface area contributed by atoms with Crippen LogP contribution in [0.2, 0.25) is 0 Å². The van der Waals surface area contributed by atoms with E-state index in [0.29, 0.717) is 22.5 Å². The molecular formula is C31H22N6O8. The number of aromatic carboxylic acids is 1. The fourth-order valence-electron chi connectivity index (χ4n) is 5.09. The highest BCUT2D eigenvalue weighted by atomic mass is 16.5. The number of fused-ring (bicyclic) bond motifs is 2. The second kappa shape index (κ2) is 10.9. The maximum atomic E-state index is 13.3. The summed E-state index contributed by atoms with van der Waals surface area (Å²) < 4.78 is 5.88. The van der Waals surface area contributed by atoms with Gasteiger partial charge in [-0.15, -0.1) is 10.2 Å². The summed E-state index contributed by atoms with van der Waals surface area (Å²) in [6.07, 6.45) is 4.49. The molecule has 2 aromatic carbocycles. The van der Waals surface area contributed by atoms with Crippen LogP contribution in [-0.4, -0.2) is 48.3 Å². The zero-order valence-electron chi connectivity index (χ0n) is 23.6. The number of amides is 1. The van der Waals surface area contributed by atoms with E-state index in [-0.39, 0.29) is 56.9 Å². The molecule has 0 aliphatic carbocycles. The topological polar surface area (TPSA) is 200 Å². The highest BCUT2D eigenvalue weighted by Gasteiger charge is 2.28. The third kappa shape index (κ3) is 4.85. The van der Waals surface area contributed by atoms with Gasteiger partial charge < -0.3 is 24.9 Å². The fraction of sp³-hybridized carbons (Fsp3) is 0.0645. The molecule has 0 bridgehead atoms. The molecule has 6 rings (SSSR count). The molecule has 0 saturated heterocycles. The van der Waals surface area contributed by atoms with Crippen molar-refractivity contribution in [2.24, 2.45) is 5.10 Å². The van der Waals surface area contributed by atoms with Crippen LogP contribution in [0.4, 0.5) is 5.69 Å². The minimum absolute atomic E-state index is 0.0535. The number of carboxylic acid groups (broad SMARTS) is 1. The van der Waals surface area contributed by atoms with Crippen molar-refractivity contribution >= 4 is 36.2 Å². The molecule has 3 aliphatic heterocycles. The number of rotatable bonds is 7. The molecule has 0 unspecified atom stereocenters. The van der Waals surface area contributed by atoms with Gasteiger partial charge in [-0.3, -0.25) is 19.2 Å². The maximum absolute atomic E-state index is 13.3. The molecule has 0 spiro atoms. The number of aromatic nitrogens is 4. The van der Waals surface area contributed by atoms with Crippen LogP contribution >= 0.6 is 0 Å². The van der Waals surface area contributed by atoms with Gasteiger partial charge in [-0.05, 0) is 85.7 Å². The van der Waals surface area contributed by atoms with Gasteiger partial charge in [0, 0.05) is 10.8 Å². The summed E-state index contributed by atoms with van der Waals surface area (Å²) in [6, 6.07) is 11.7. The number of aromatic amines is 2. The minimum atomic E-state index is -1.10. The van der Waals surface area contributed by atoms with Crippen molar-refractivity contribution in [3.8, 4) is 28.7 Å². The molecule has 0 atom stereocenters. The lowest BCUT2D eigenvalue weighted by Crippen LogP contribution is -2.38. The number of ether oxygens (including phenoxy) is 1. The van der Waals surface area contributed by atoms with E-state index in [2.05, 4.69) is 20.2 Å². The summed E-state index contributed by atoms with van der Waals surface area (Å²) in [6.45, 7) is 3.54. The van der Waals surface area contributed by atoms with Gasteiger partial charge in [-0.2, -0.15) is 9.69 Å². The van der Waals surface area contributed by atoms with Gasteiger partial charge in [0.1, 0.15) is 5.75 Å². The Morgan fingerprint density at radius 2 is 1.62 bits per heavy atom. The van der Waals surface area contributed by atoms with E-state index in [1.165, 1.54) is 54.6 Å². The van der Waals surface area contributed by atoms with E-state index in [1.54, 1.807) is 26.0 Å². The number of carbonyl (C=O) groups excluding carboxylic acids is 2. The number of nitrogens with zero attached hydrogens (tertiary/aromatic N) is 4. The number of allylic oxidation sites excluding steroid dienone is 1. The van der Waals surface area contributed by atoms with E-state index in [4.69, 9.17) is 9.84 Å². The standard InChI is InChI=1S/C31H22N6O8/c1-15-21(27(39)32-25-23(15)29(41)36(34-25)18-8-6-17(7-9-18)31(43)44)4-3-5-22-16(2)24-26(33-28(22)40)35-37(30(24)42)19-10-12-20(13-11-19)45-14-38/h3-14H,1-2H3,(H,43,44)(H2,32,34,39)(H,33,35,40)/b4-3+,22-5-. The lowest BCUT2D eigenvalue weighted by atomic mass is 10.0. The average molecular weight is 607 g/mol. The number of carbonyl (C=O) groups is 3. The van der Waals surface area contributed by atoms with Crippen LogP contribution in [0, 0.1) is 13.8 Å². The number of nitrogens with one attached hydrogen (secondary N) is 2. The lowest BCUT2D eigenvalue weighted by Gasteiger charge is -2.12. The summed E-state index contributed by atoms with van der Waals surface area (Å²) in [7, 11) is 0. The first-order chi connectivity index (χ1) is 21.6. The van der Waals surface area contributed by atoms with E-state index >= 15 is 0 Å². The summed E-state index contributed by atoms with van der Waals surface area (Å²) in [4.78, 5) is 66.6. The van der Waals surface area contributed by atoms with Gasteiger partial charge in [0.25, 0.3) is 23.5 Å². The van der Waals surface area contributed by atoms with Crippen LogP contribution in [0.25, 0.3) is 29.2 Å². The van der Waals surface area contributed by atoms with Crippen LogP contribution in [-0.2, 0) is 4.79 Å². The zero-order valence-corrected chi connectivity index (χ0v) is 23.6. The Morgan fingerprint density at radius 1 is 0.933 bits per heavy atom. The van der Waals surface area contributed by atoms with E-state index in [0.717, 1.165) is 9.69 Å². The van der Waals surface area contributed by atoms with E-state index in [9.17, 15) is 29.1 Å². The molecule has 1 aromatic heterocycles. The Kier molecular flexibility index (Phi) is 6.93. The van der Waals surface area contributed by atoms with Crippen LogP contribution in [0.15, 0.2) is 69.3 Å². The summed E-state index contributed by atoms with van der Waals surface area (Å²) in [5.41, 5.74) is 1.40. The molecule has 4 N–H and O–H groups in total. The van der Waals surface area contributed by atoms with Crippen molar-refractivity contribution in [3.05, 3.63) is 114 Å². The Hall–Kier alpha value is -6.57. The van der Waals surface area contributed by atoms with Gasteiger partial charge in [-0.25, -0.2) is 4.79 Å². The average Bonchev–Trinajstić information content (AvgIpc) is 3.52. The highest BCUT2D eigenvalue weighted by Crippen LogP contribution is 2.30. The Bertz CT molecular complexity index is 2280. The molecule has 14 nitrogen and oxygen atoms in total. The van der Waals surface area contributed by atoms with Gasteiger partial charge in [-0.1, -0.05) is 6.08 Å². The van der Waals surface area contributed by atoms with Gasteiger partial charge in [0.05, 0.1) is 28.1 Å². The molecule has 14 heteroatoms. The highest BCUT2D eigenvalue weighted by molar-refractivity contribution is 6.08. The van der Waals surface area contributed by atoms with Gasteiger partial charge in [0.2, 0.25) is 0 Å². The second-order valence-corrected chi connectivity index (χ2v) is 9.97. The van der Waals surface area contributed by atoms with E-state index < -0.39 is 23.0 Å². The third-order valence-electron chi connectivity index (χ3n) is 7.36. The van der Waals surface area contributed by atoms with E-state index in [1.807, 2.05) is 0 Å². The van der Waals surface area contributed by atoms with Crippen LogP contribution in [0.1, 0.15) is 37.4 Å². The lowest BCUT2D eigenvalue weighted by molar-refractivity contribution is -0.120. The molecule has 3 aromatic rings. The van der Waals surface area contributed by atoms with Crippen molar-refractivity contribution in [1.29, 1.82) is 0 Å². The van der Waals surface area contributed by atoms with Crippen molar-refractivity contribution in [3.63, 3.8) is 0 Å². The first-order valence-corrected chi connectivity index (χ1v) is 13.3. The van der Waals surface area contributed by atoms with Crippen molar-refractivity contribution in [2.45, 2.75) is 13.8 Å². The first kappa shape index (κ1) is 28.5. The number of pyridine rings is 2. The van der Waals surface area contributed by atoms with Crippen molar-refractivity contribution in [2.75, 3.05) is 5.01 Å². The molecule has 1 amide bonds. The number of hydrogen-bond donors (Lipinski definition) is 4. The molecule has 0 radical (unpaired) electrons. The van der Waals surface area contributed by atoms with Gasteiger partial charge >= 0.3 is 5.97 Å². The number of benzene rings is 2. The monoisotopic (exact) mass is 606 g/mol. The third-order valence-corrected chi connectivity index (χ3v) is 7.36.